The van der Waals surface area contributed by atoms with E-state index in [1.54, 1.807) is 42.6 Å². The normalized spacial score (nSPS) is 10.7. The average Bonchev–Trinajstić information content (AvgIpc) is 3.06. The number of amides is 2. The number of hydrogen-bond acceptors (Lipinski definition) is 3. The third-order valence-electron chi connectivity index (χ3n) is 3.84. The Hall–Kier alpha value is -3.74. The summed E-state index contributed by atoms with van der Waals surface area (Å²) >= 11 is 0. The van der Waals surface area contributed by atoms with Gasteiger partial charge in [0.15, 0.2) is 0 Å². The number of urea groups is 1. The Morgan fingerprint density at radius 3 is 2.62 bits per heavy atom. The fourth-order valence-corrected chi connectivity index (χ4v) is 2.63. The van der Waals surface area contributed by atoms with Gasteiger partial charge in [-0.25, -0.2) is 14.2 Å². The van der Waals surface area contributed by atoms with Crippen LogP contribution in [0.1, 0.15) is 0 Å². The number of halogens is 1. The van der Waals surface area contributed by atoms with Gasteiger partial charge in [-0.2, -0.15) is 5.10 Å². The van der Waals surface area contributed by atoms with Crippen molar-refractivity contribution in [1.82, 2.24) is 15.2 Å². The third-order valence-corrected chi connectivity index (χ3v) is 3.84. The molecule has 0 spiro atoms. The van der Waals surface area contributed by atoms with E-state index in [1.165, 1.54) is 12.1 Å². The predicted molar refractivity (Wildman–Crippen MR) is 98.4 cm³/mol. The number of H-pyrrole nitrogens is 1. The second-order valence-corrected chi connectivity index (χ2v) is 5.63. The molecule has 0 aliphatic heterocycles. The number of anilines is 2. The van der Waals surface area contributed by atoms with Gasteiger partial charge < -0.3 is 5.32 Å². The summed E-state index contributed by atoms with van der Waals surface area (Å²) in [6.45, 7) is 0. The minimum atomic E-state index is -0.394. The Bertz CT molecular complexity index is 1060. The molecule has 0 unspecified atom stereocenters. The van der Waals surface area contributed by atoms with Gasteiger partial charge in [-0.3, -0.25) is 10.4 Å². The molecule has 3 N–H and O–H groups in total. The highest BCUT2D eigenvalue weighted by atomic mass is 19.1. The molecule has 2 heterocycles. The van der Waals surface area contributed by atoms with E-state index in [1.807, 2.05) is 12.1 Å². The fraction of sp³-hybridized carbons (Fsp3) is 0. The highest BCUT2D eigenvalue weighted by Gasteiger charge is 2.10. The van der Waals surface area contributed by atoms with Gasteiger partial charge >= 0.3 is 6.03 Å². The molecule has 2 aromatic heterocycles. The highest BCUT2D eigenvalue weighted by molar-refractivity contribution is 6.02. The zero-order valence-electron chi connectivity index (χ0n) is 13.5. The molecule has 0 atom stereocenters. The van der Waals surface area contributed by atoms with Crippen molar-refractivity contribution in [1.29, 1.82) is 0 Å². The van der Waals surface area contributed by atoms with Crippen LogP contribution in [-0.2, 0) is 0 Å². The monoisotopic (exact) mass is 347 g/mol. The molecule has 2 amide bonds. The topological polar surface area (TPSA) is 82.7 Å². The molecule has 6 nitrogen and oxygen atoms in total. The van der Waals surface area contributed by atoms with Crippen molar-refractivity contribution in [3.05, 3.63) is 72.7 Å². The van der Waals surface area contributed by atoms with Crippen LogP contribution in [0.15, 0.2) is 66.9 Å². The van der Waals surface area contributed by atoms with Crippen molar-refractivity contribution >= 4 is 28.4 Å². The van der Waals surface area contributed by atoms with Gasteiger partial charge in [0, 0.05) is 22.8 Å². The molecule has 0 radical (unpaired) electrons. The van der Waals surface area contributed by atoms with E-state index in [0.717, 1.165) is 16.5 Å². The van der Waals surface area contributed by atoms with E-state index >= 15 is 0 Å². The van der Waals surface area contributed by atoms with Crippen molar-refractivity contribution in [2.45, 2.75) is 0 Å². The predicted octanol–water partition coefficient (Wildman–Crippen LogP) is 4.41. The van der Waals surface area contributed by atoms with Crippen LogP contribution in [0.25, 0.3) is 22.2 Å². The molecule has 0 saturated carbocycles. The molecule has 26 heavy (non-hydrogen) atoms. The van der Waals surface area contributed by atoms with Gasteiger partial charge in [-0.1, -0.05) is 6.07 Å². The lowest BCUT2D eigenvalue weighted by Crippen LogP contribution is -2.19. The largest absolute Gasteiger partial charge is 0.324 e. The third kappa shape index (κ3) is 3.23. The lowest BCUT2D eigenvalue weighted by Gasteiger charge is -2.07. The van der Waals surface area contributed by atoms with E-state index in [0.29, 0.717) is 17.2 Å². The smallest absolute Gasteiger partial charge is 0.308 e. The Morgan fingerprint density at radius 2 is 1.85 bits per heavy atom. The Labute approximate surface area is 148 Å². The van der Waals surface area contributed by atoms with Crippen LogP contribution in [0, 0.1) is 5.82 Å². The number of aromatic nitrogens is 3. The maximum absolute atomic E-state index is 13.1. The first-order chi connectivity index (χ1) is 12.7. The maximum atomic E-state index is 13.1. The highest BCUT2D eigenvalue weighted by Crippen LogP contribution is 2.28. The van der Waals surface area contributed by atoms with Gasteiger partial charge in [0.2, 0.25) is 0 Å². The number of carbonyl (C=O) groups excluding carboxylic acids is 1. The van der Waals surface area contributed by atoms with Crippen LogP contribution in [0.5, 0.6) is 0 Å². The molecule has 0 bridgehead atoms. The zero-order valence-corrected chi connectivity index (χ0v) is 13.5. The Kier molecular flexibility index (Phi) is 4.03. The summed E-state index contributed by atoms with van der Waals surface area (Å²) < 4.78 is 13.1. The van der Waals surface area contributed by atoms with Crippen molar-refractivity contribution in [3.8, 4) is 11.3 Å². The van der Waals surface area contributed by atoms with E-state index < -0.39 is 6.03 Å². The number of hydrogen-bond donors (Lipinski definition) is 3. The van der Waals surface area contributed by atoms with Gasteiger partial charge in [-0.15, -0.1) is 0 Å². The zero-order chi connectivity index (χ0) is 17.9. The molecule has 128 valence electrons. The van der Waals surface area contributed by atoms with Gasteiger partial charge in [0.05, 0.1) is 11.2 Å². The van der Waals surface area contributed by atoms with Crippen LogP contribution in [0.4, 0.5) is 20.7 Å². The Balaban J connectivity index is 1.59. The van der Waals surface area contributed by atoms with Crippen molar-refractivity contribution in [2.24, 2.45) is 0 Å². The summed E-state index contributed by atoms with van der Waals surface area (Å²) in [6.07, 6.45) is 1.60. The summed E-state index contributed by atoms with van der Waals surface area (Å²) in [5.41, 5.74) is 2.90. The number of fused-ring (bicyclic) bond motifs is 1. The molecule has 0 fully saturated rings. The quantitative estimate of drug-likeness (QED) is 0.513. The molecule has 0 aliphatic carbocycles. The van der Waals surface area contributed by atoms with Crippen LogP contribution in [-0.4, -0.2) is 21.2 Å². The second-order valence-electron chi connectivity index (χ2n) is 5.63. The lowest BCUT2D eigenvalue weighted by molar-refractivity contribution is 0.262. The van der Waals surface area contributed by atoms with E-state index in [9.17, 15) is 9.18 Å². The van der Waals surface area contributed by atoms with Crippen molar-refractivity contribution in [2.75, 3.05) is 10.6 Å². The SMILES string of the molecule is O=C(Nc1ccc2[nH]nc(-c3ccc(F)cc3)c2c1)Nc1ccccn1. The van der Waals surface area contributed by atoms with Crippen LogP contribution < -0.4 is 10.6 Å². The minimum Gasteiger partial charge on any atom is -0.308 e. The van der Waals surface area contributed by atoms with E-state index in [2.05, 4.69) is 25.8 Å². The van der Waals surface area contributed by atoms with E-state index in [-0.39, 0.29) is 5.82 Å². The number of benzene rings is 2. The summed E-state index contributed by atoms with van der Waals surface area (Å²) in [7, 11) is 0. The number of aromatic amines is 1. The standard InChI is InChI=1S/C19H14FN5O/c20-13-6-4-12(5-7-13)18-15-11-14(8-9-16(15)24-25-18)22-19(26)23-17-3-1-2-10-21-17/h1-11H,(H,24,25)(H2,21,22,23,26). The van der Waals surface area contributed by atoms with E-state index in [4.69, 9.17) is 0 Å². The molecule has 4 rings (SSSR count). The van der Waals surface area contributed by atoms with Crippen molar-refractivity contribution < 1.29 is 9.18 Å². The first-order valence-corrected chi connectivity index (χ1v) is 7.92. The lowest BCUT2D eigenvalue weighted by atomic mass is 10.1. The molecule has 0 saturated heterocycles. The second kappa shape index (κ2) is 6.64. The number of nitrogens with zero attached hydrogens (tertiary/aromatic N) is 2. The average molecular weight is 347 g/mol. The number of carbonyl (C=O) groups is 1. The first-order valence-electron chi connectivity index (χ1n) is 7.92. The summed E-state index contributed by atoms with van der Waals surface area (Å²) in [5.74, 6) is 0.156. The number of pyridine rings is 1. The fourth-order valence-electron chi connectivity index (χ4n) is 2.63. The molecular formula is C19H14FN5O. The molecular weight excluding hydrogens is 333 g/mol. The Morgan fingerprint density at radius 1 is 1.00 bits per heavy atom. The van der Waals surface area contributed by atoms with Crippen LogP contribution >= 0.6 is 0 Å². The first kappa shape index (κ1) is 15.8. The van der Waals surface area contributed by atoms with Gasteiger partial charge in [0.25, 0.3) is 0 Å². The molecule has 7 heteroatoms. The van der Waals surface area contributed by atoms with Crippen molar-refractivity contribution in [3.63, 3.8) is 0 Å². The summed E-state index contributed by atoms with van der Waals surface area (Å²) in [5, 5.41) is 13.5. The summed E-state index contributed by atoms with van der Waals surface area (Å²) in [6, 6.07) is 16.4. The minimum absolute atomic E-state index is 0.304. The molecule has 4 aromatic rings. The number of rotatable bonds is 3. The number of nitrogens with one attached hydrogen (secondary N) is 3. The van der Waals surface area contributed by atoms with Gasteiger partial charge in [0.1, 0.15) is 11.6 Å². The maximum Gasteiger partial charge on any atom is 0.324 e. The van der Waals surface area contributed by atoms with Crippen LogP contribution in [0.3, 0.4) is 0 Å². The van der Waals surface area contributed by atoms with Gasteiger partial charge in [-0.05, 0) is 54.6 Å². The molecule has 0 aliphatic rings. The molecule has 2 aromatic carbocycles. The summed E-state index contributed by atoms with van der Waals surface area (Å²) in [4.78, 5) is 16.2. The van der Waals surface area contributed by atoms with Crippen LogP contribution in [0.2, 0.25) is 0 Å².